The predicted octanol–water partition coefficient (Wildman–Crippen LogP) is 4.75. The van der Waals surface area contributed by atoms with Gasteiger partial charge in [0.1, 0.15) is 0 Å². The fourth-order valence-electron chi connectivity index (χ4n) is 3.95. The molecule has 1 fully saturated rings. The molecule has 1 saturated heterocycles. The molecule has 3 heteroatoms. The third-order valence-corrected chi connectivity index (χ3v) is 6.34. The molecule has 0 radical (unpaired) electrons. The van der Waals surface area contributed by atoms with Gasteiger partial charge >= 0.3 is 0 Å². The number of hydrogen-bond acceptors (Lipinski definition) is 3. The van der Waals surface area contributed by atoms with E-state index in [-0.39, 0.29) is 5.54 Å². The summed E-state index contributed by atoms with van der Waals surface area (Å²) in [6.45, 7) is 13.0. The molecule has 0 saturated carbocycles. The Kier molecular flexibility index (Phi) is 6.27. The van der Waals surface area contributed by atoms with Crippen molar-refractivity contribution in [3.63, 3.8) is 0 Å². The molecular formula is C18H32N2S. The van der Waals surface area contributed by atoms with Crippen LogP contribution in [-0.4, -0.2) is 30.1 Å². The van der Waals surface area contributed by atoms with Crippen LogP contribution in [0.5, 0.6) is 0 Å². The average Bonchev–Trinajstić information content (AvgIpc) is 3.16. The van der Waals surface area contributed by atoms with Gasteiger partial charge in [0, 0.05) is 10.4 Å². The highest BCUT2D eigenvalue weighted by molar-refractivity contribution is 7.10. The van der Waals surface area contributed by atoms with Gasteiger partial charge in [-0.15, -0.1) is 11.3 Å². The van der Waals surface area contributed by atoms with Crippen molar-refractivity contribution in [3.05, 3.63) is 21.9 Å². The second-order valence-corrected chi connectivity index (χ2v) is 7.31. The molecule has 1 atom stereocenters. The van der Waals surface area contributed by atoms with Crippen molar-refractivity contribution in [2.24, 2.45) is 0 Å². The van der Waals surface area contributed by atoms with Crippen LogP contribution in [0.1, 0.15) is 69.4 Å². The van der Waals surface area contributed by atoms with Crippen LogP contribution in [0, 0.1) is 6.92 Å². The fraction of sp³-hybridized carbons (Fsp3) is 0.778. The highest BCUT2D eigenvalue weighted by atomic mass is 32.1. The molecule has 2 rings (SSSR count). The van der Waals surface area contributed by atoms with Gasteiger partial charge in [-0.05, 0) is 75.7 Å². The van der Waals surface area contributed by atoms with Gasteiger partial charge in [0.15, 0.2) is 0 Å². The molecule has 1 aromatic heterocycles. The van der Waals surface area contributed by atoms with Gasteiger partial charge < -0.3 is 5.32 Å². The van der Waals surface area contributed by atoms with E-state index >= 15 is 0 Å². The normalized spacial score (nSPS) is 18.3. The summed E-state index contributed by atoms with van der Waals surface area (Å²) in [5, 5.41) is 6.16. The minimum Gasteiger partial charge on any atom is -0.308 e. The summed E-state index contributed by atoms with van der Waals surface area (Å²) in [5.74, 6) is 0. The largest absolute Gasteiger partial charge is 0.308 e. The van der Waals surface area contributed by atoms with Gasteiger partial charge in [0.2, 0.25) is 0 Å². The topological polar surface area (TPSA) is 15.3 Å². The van der Waals surface area contributed by atoms with E-state index in [1.165, 1.54) is 50.8 Å². The van der Waals surface area contributed by atoms with Crippen LogP contribution in [0.3, 0.4) is 0 Å². The minimum atomic E-state index is 0.279. The first-order valence-electron chi connectivity index (χ1n) is 8.72. The number of rotatable bonds is 8. The molecule has 0 bridgehead atoms. The lowest BCUT2D eigenvalue weighted by atomic mass is 9.81. The Morgan fingerprint density at radius 1 is 1.24 bits per heavy atom. The molecule has 2 nitrogen and oxygen atoms in total. The van der Waals surface area contributed by atoms with E-state index in [1.807, 2.05) is 11.3 Å². The monoisotopic (exact) mass is 308 g/mol. The molecule has 21 heavy (non-hydrogen) atoms. The van der Waals surface area contributed by atoms with Crippen LogP contribution in [-0.2, 0) is 0 Å². The third-order valence-electron chi connectivity index (χ3n) is 5.26. The summed E-state index contributed by atoms with van der Waals surface area (Å²) in [6, 6.07) is 2.76. The zero-order chi connectivity index (χ0) is 15.3. The Balaban J connectivity index is 2.36. The first-order valence-corrected chi connectivity index (χ1v) is 9.60. The van der Waals surface area contributed by atoms with Crippen LogP contribution >= 0.6 is 11.3 Å². The van der Waals surface area contributed by atoms with Gasteiger partial charge in [-0.2, -0.15) is 0 Å². The first-order chi connectivity index (χ1) is 10.2. The number of thiophene rings is 1. The van der Waals surface area contributed by atoms with Crippen LogP contribution in [0.25, 0.3) is 0 Å². The molecule has 0 amide bonds. The number of nitrogens with one attached hydrogen (secondary N) is 1. The summed E-state index contributed by atoms with van der Waals surface area (Å²) >= 11 is 1.94. The standard InChI is InChI=1S/C18H32N2S/c1-5-11-19-17(16-15(4)10-14-21-16)18(6-2,7-3)20-12-8-9-13-20/h10,14,17,19H,5-9,11-13H2,1-4H3. The van der Waals surface area contributed by atoms with Gasteiger partial charge in [-0.3, -0.25) is 4.90 Å². The number of hydrogen-bond donors (Lipinski definition) is 1. The Morgan fingerprint density at radius 2 is 1.90 bits per heavy atom. The molecule has 120 valence electrons. The fourth-order valence-corrected chi connectivity index (χ4v) is 5.06. The SMILES string of the molecule is CCCNC(c1sccc1C)C(CC)(CC)N1CCCC1. The zero-order valence-electron chi connectivity index (χ0n) is 14.2. The van der Waals surface area contributed by atoms with Crippen molar-refractivity contribution in [2.45, 2.75) is 71.4 Å². The second-order valence-electron chi connectivity index (χ2n) is 6.36. The van der Waals surface area contributed by atoms with E-state index in [0.29, 0.717) is 6.04 Å². The van der Waals surface area contributed by atoms with Gasteiger partial charge in [-0.1, -0.05) is 20.8 Å². The van der Waals surface area contributed by atoms with Crippen LogP contribution in [0.15, 0.2) is 11.4 Å². The number of aryl methyl sites for hydroxylation is 1. The molecule has 1 aromatic rings. The molecule has 1 aliphatic heterocycles. The highest BCUT2D eigenvalue weighted by Gasteiger charge is 2.43. The maximum absolute atomic E-state index is 3.90. The quantitative estimate of drug-likeness (QED) is 0.745. The molecule has 1 N–H and O–H groups in total. The van der Waals surface area contributed by atoms with Gasteiger partial charge in [-0.25, -0.2) is 0 Å². The van der Waals surface area contributed by atoms with Crippen molar-refractivity contribution in [1.82, 2.24) is 10.2 Å². The Bertz CT molecular complexity index is 417. The predicted molar refractivity (Wildman–Crippen MR) is 94.2 cm³/mol. The molecule has 1 unspecified atom stereocenters. The maximum atomic E-state index is 3.90. The lowest BCUT2D eigenvalue weighted by Crippen LogP contribution is -2.55. The second kappa shape index (κ2) is 7.75. The van der Waals surface area contributed by atoms with E-state index in [1.54, 1.807) is 4.88 Å². The van der Waals surface area contributed by atoms with Crippen molar-refractivity contribution in [3.8, 4) is 0 Å². The molecule has 0 aromatic carbocycles. The maximum Gasteiger partial charge on any atom is 0.0604 e. The van der Waals surface area contributed by atoms with Crippen LogP contribution < -0.4 is 5.32 Å². The molecule has 0 aliphatic carbocycles. The van der Waals surface area contributed by atoms with E-state index in [0.717, 1.165) is 6.54 Å². The summed E-state index contributed by atoms with van der Waals surface area (Å²) in [5.41, 5.74) is 1.74. The van der Waals surface area contributed by atoms with Crippen LogP contribution in [0.2, 0.25) is 0 Å². The van der Waals surface area contributed by atoms with E-state index in [9.17, 15) is 0 Å². The Hall–Kier alpha value is -0.380. The third kappa shape index (κ3) is 3.35. The van der Waals surface area contributed by atoms with Crippen molar-refractivity contribution in [2.75, 3.05) is 19.6 Å². The van der Waals surface area contributed by atoms with E-state index in [4.69, 9.17) is 0 Å². The first kappa shape index (κ1) is 17.0. The molecule has 2 heterocycles. The van der Waals surface area contributed by atoms with E-state index in [2.05, 4.69) is 49.4 Å². The smallest absolute Gasteiger partial charge is 0.0604 e. The summed E-state index contributed by atoms with van der Waals surface area (Å²) in [4.78, 5) is 4.33. The zero-order valence-corrected chi connectivity index (χ0v) is 15.1. The summed E-state index contributed by atoms with van der Waals surface area (Å²) in [7, 11) is 0. The number of likely N-dealkylation sites (tertiary alicyclic amines) is 1. The Morgan fingerprint density at radius 3 is 2.38 bits per heavy atom. The summed E-state index contributed by atoms with van der Waals surface area (Å²) < 4.78 is 0. The molecule has 1 aliphatic rings. The highest BCUT2D eigenvalue weighted by Crippen LogP contribution is 2.42. The molecular weight excluding hydrogens is 276 g/mol. The van der Waals surface area contributed by atoms with Gasteiger partial charge in [0.25, 0.3) is 0 Å². The lowest BCUT2D eigenvalue weighted by molar-refractivity contribution is 0.0628. The van der Waals surface area contributed by atoms with Crippen molar-refractivity contribution < 1.29 is 0 Å². The summed E-state index contributed by atoms with van der Waals surface area (Å²) in [6.07, 6.45) is 6.38. The lowest BCUT2D eigenvalue weighted by Gasteiger charge is -2.47. The Labute approximate surface area is 134 Å². The molecule has 0 spiro atoms. The van der Waals surface area contributed by atoms with Gasteiger partial charge in [0.05, 0.1) is 6.04 Å². The average molecular weight is 309 g/mol. The van der Waals surface area contributed by atoms with Crippen molar-refractivity contribution >= 4 is 11.3 Å². The minimum absolute atomic E-state index is 0.279. The van der Waals surface area contributed by atoms with Crippen molar-refractivity contribution in [1.29, 1.82) is 0 Å². The van der Waals surface area contributed by atoms with Crippen LogP contribution in [0.4, 0.5) is 0 Å². The number of nitrogens with zero attached hydrogens (tertiary/aromatic N) is 1. The van der Waals surface area contributed by atoms with E-state index < -0.39 is 0 Å².